The van der Waals surface area contributed by atoms with Crippen molar-refractivity contribution in [1.29, 1.82) is 0 Å². The van der Waals surface area contributed by atoms with E-state index >= 15 is 0 Å². The minimum absolute atomic E-state index is 0.0552. The van der Waals surface area contributed by atoms with E-state index in [1.165, 1.54) is 6.08 Å². The smallest absolute Gasteiger partial charge is 0.278 e. The maximum absolute atomic E-state index is 12.6. The fourth-order valence-electron chi connectivity index (χ4n) is 3.02. The van der Waals surface area contributed by atoms with Gasteiger partial charge in [0.05, 0.1) is 0 Å². The van der Waals surface area contributed by atoms with E-state index in [9.17, 15) is 19.2 Å². The molecule has 26 heavy (non-hydrogen) atoms. The Morgan fingerprint density at radius 3 is 2.54 bits per heavy atom. The maximum atomic E-state index is 12.6. The fourth-order valence-corrected chi connectivity index (χ4v) is 3.02. The average molecular weight is 355 g/mol. The molecule has 1 fully saturated rings. The minimum atomic E-state index is -0.954. The lowest BCUT2D eigenvalue weighted by atomic mass is 9.87. The summed E-state index contributed by atoms with van der Waals surface area (Å²) < 4.78 is 0. The van der Waals surface area contributed by atoms with Crippen LogP contribution in [0.2, 0.25) is 0 Å². The third kappa shape index (κ3) is 3.37. The van der Waals surface area contributed by atoms with Gasteiger partial charge < -0.3 is 5.32 Å². The van der Waals surface area contributed by atoms with Gasteiger partial charge in [-0.05, 0) is 29.5 Å². The Morgan fingerprint density at radius 1 is 1.15 bits per heavy atom. The molecule has 1 saturated heterocycles. The zero-order valence-electron chi connectivity index (χ0n) is 15.0. The van der Waals surface area contributed by atoms with Crippen molar-refractivity contribution in [2.45, 2.75) is 45.1 Å². The van der Waals surface area contributed by atoms with Crippen molar-refractivity contribution in [2.75, 3.05) is 5.32 Å². The third-order valence-corrected chi connectivity index (χ3v) is 4.48. The van der Waals surface area contributed by atoms with Gasteiger partial charge in [0.2, 0.25) is 11.8 Å². The first-order chi connectivity index (χ1) is 12.2. The van der Waals surface area contributed by atoms with E-state index in [1.54, 1.807) is 0 Å². The highest BCUT2D eigenvalue weighted by atomic mass is 16.2. The Hall–Kier alpha value is -2.96. The van der Waals surface area contributed by atoms with Crippen LogP contribution in [-0.4, -0.2) is 34.6 Å². The second-order valence-electron chi connectivity index (χ2n) is 7.49. The second kappa shape index (κ2) is 6.40. The van der Waals surface area contributed by atoms with Crippen LogP contribution in [0.5, 0.6) is 0 Å². The monoisotopic (exact) mass is 355 g/mol. The van der Waals surface area contributed by atoms with E-state index in [0.29, 0.717) is 5.69 Å². The van der Waals surface area contributed by atoms with E-state index in [-0.39, 0.29) is 24.0 Å². The number of rotatable bonds is 3. The predicted molar refractivity (Wildman–Crippen MR) is 94.9 cm³/mol. The van der Waals surface area contributed by atoms with Crippen LogP contribution < -0.4 is 10.6 Å². The van der Waals surface area contributed by atoms with Gasteiger partial charge >= 0.3 is 0 Å². The first kappa shape index (κ1) is 17.8. The first-order valence-electron chi connectivity index (χ1n) is 8.47. The highest BCUT2D eigenvalue weighted by Crippen LogP contribution is 2.27. The Balaban J connectivity index is 1.78. The molecule has 3 rings (SSSR count). The number of carbonyl (C=O) groups excluding carboxylic acids is 4. The van der Waals surface area contributed by atoms with Crippen molar-refractivity contribution in [3.05, 3.63) is 41.6 Å². The molecule has 0 aliphatic carbocycles. The van der Waals surface area contributed by atoms with Crippen LogP contribution in [0, 0.1) is 0 Å². The number of hydrogen-bond donors (Lipinski definition) is 2. The molecule has 1 aromatic carbocycles. The molecule has 7 heteroatoms. The Morgan fingerprint density at radius 2 is 1.88 bits per heavy atom. The number of anilines is 1. The lowest BCUT2D eigenvalue weighted by Crippen LogP contribution is -2.54. The van der Waals surface area contributed by atoms with Gasteiger partial charge in [-0.15, -0.1) is 0 Å². The van der Waals surface area contributed by atoms with Crippen LogP contribution in [-0.2, 0) is 24.6 Å². The van der Waals surface area contributed by atoms with Crippen LogP contribution in [0.15, 0.2) is 36.0 Å². The maximum Gasteiger partial charge on any atom is 0.278 e. The molecule has 2 heterocycles. The molecule has 2 aliphatic rings. The normalized spacial score (nSPS) is 21.0. The molecule has 0 aromatic heterocycles. The van der Waals surface area contributed by atoms with Gasteiger partial charge in [0.1, 0.15) is 11.7 Å². The highest BCUT2D eigenvalue weighted by molar-refractivity contribution is 6.20. The quantitative estimate of drug-likeness (QED) is 0.800. The molecule has 0 bridgehead atoms. The molecule has 2 N–H and O–H groups in total. The lowest BCUT2D eigenvalue weighted by Gasteiger charge is -2.28. The summed E-state index contributed by atoms with van der Waals surface area (Å²) in [6, 6.07) is 6.65. The van der Waals surface area contributed by atoms with Crippen molar-refractivity contribution >= 4 is 29.3 Å². The minimum Gasteiger partial charge on any atom is -0.351 e. The van der Waals surface area contributed by atoms with Crippen LogP contribution >= 0.6 is 0 Å². The van der Waals surface area contributed by atoms with Crippen molar-refractivity contribution in [2.24, 2.45) is 0 Å². The zero-order chi connectivity index (χ0) is 19.1. The number of nitrogens with zero attached hydrogens (tertiary/aromatic N) is 1. The van der Waals surface area contributed by atoms with Crippen molar-refractivity contribution in [3.8, 4) is 0 Å². The SMILES string of the molecule is CC(C)(C)c1cccc(NC2=CC(=O)N(C3CCC(=O)NC3=O)C2=O)c1. The first-order valence-corrected chi connectivity index (χ1v) is 8.47. The average Bonchev–Trinajstić information content (AvgIpc) is 2.82. The summed E-state index contributed by atoms with van der Waals surface area (Å²) in [7, 11) is 0. The molecule has 7 nitrogen and oxygen atoms in total. The molecule has 2 aliphatic heterocycles. The van der Waals surface area contributed by atoms with E-state index < -0.39 is 29.7 Å². The van der Waals surface area contributed by atoms with Gasteiger partial charge in [-0.3, -0.25) is 29.4 Å². The van der Waals surface area contributed by atoms with Gasteiger partial charge in [-0.25, -0.2) is 0 Å². The van der Waals surface area contributed by atoms with E-state index in [1.807, 2.05) is 24.3 Å². The summed E-state index contributed by atoms with van der Waals surface area (Å²) in [4.78, 5) is 49.1. The molecular formula is C19H21N3O4. The summed E-state index contributed by atoms with van der Waals surface area (Å²) in [5.74, 6) is -2.13. The van der Waals surface area contributed by atoms with Gasteiger partial charge in [0, 0.05) is 18.2 Å². The number of imide groups is 2. The number of hydrogen-bond acceptors (Lipinski definition) is 5. The van der Waals surface area contributed by atoms with Gasteiger partial charge in [-0.2, -0.15) is 0 Å². The standard InChI is InChI=1S/C19H21N3O4/c1-19(2,3)11-5-4-6-12(9-11)20-13-10-16(24)22(18(13)26)14-7-8-15(23)21-17(14)25/h4-6,9-10,14,20H,7-8H2,1-3H3,(H,21,23,25). The van der Waals surface area contributed by atoms with Crippen LogP contribution in [0.25, 0.3) is 0 Å². The van der Waals surface area contributed by atoms with E-state index in [4.69, 9.17) is 0 Å². The van der Waals surface area contributed by atoms with E-state index in [0.717, 1.165) is 10.5 Å². The van der Waals surface area contributed by atoms with Gasteiger partial charge in [-0.1, -0.05) is 32.9 Å². The van der Waals surface area contributed by atoms with E-state index in [2.05, 4.69) is 31.4 Å². The molecule has 1 unspecified atom stereocenters. The number of amides is 4. The second-order valence-corrected chi connectivity index (χ2v) is 7.49. The topological polar surface area (TPSA) is 95.6 Å². The summed E-state index contributed by atoms with van der Waals surface area (Å²) >= 11 is 0. The summed E-state index contributed by atoms with van der Waals surface area (Å²) in [5, 5.41) is 5.15. The molecule has 1 aromatic rings. The summed E-state index contributed by atoms with van der Waals surface area (Å²) in [6.07, 6.45) is 1.43. The number of benzene rings is 1. The largest absolute Gasteiger partial charge is 0.351 e. The van der Waals surface area contributed by atoms with Gasteiger partial charge in [0.25, 0.3) is 11.8 Å². The Kier molecular flexibility index (Phi) is 4.39. The zero-order valence-corrected chi connectivity index (χ0v) is 15.0. The van der Waals surface area contributed by atoms with Crippen LogP contribution in [0.3, 0.4) is 0 Å². The predicted octanol–water partition coefficient (Wildman–Crippen LogP) is 1.45. The molecule has 0 saturated carbocycles. The van der Waals surface area contributed by atoms with Gasteiger partial charge in [0.15, 0.2) is 0 Å². The van der Waals surface area contributed by atoms with Crippen molar-refractivity contribution in [1.82, 2.24) is 10.2 Å². The lowest BCUT2D eigenvalue weighted by molar-refractivity contribution is -0.149. The Bertz CT molecular complexity index is 835. The number of carbonyl (C=O) groups is 4. The number of nitrogens with one attached hydrogen (secondary N) is 2. The summed E-state index contributed by atoms with van der Waals surface area (Å²) in [6.45, 7) is 6.25. The van der Waals surface area contributed by atoms with Crippen molar-refractivity contribution in [3.63, 3.8) is 0 Å². The fraction of sp³-hybridized carbons (Fsp3) is 0.368. The molecule has 0 radical (unpaired) electrons. The van der Waals surface area contributed by atoms with Crippen LogP contribution in [0.4, 0.5) is 5.69 Å². The van der Waals surface area contributed by atoms with Crippen molar-refractivity contribution < 1.29 is 19.2 Å². The molecule has 0 spiro atoms. The molecule has 4 amide bonds. The molecule has 136 valence electrons. The number of piperidine rings is 1. The van der Waals surface area contributed by atoms with Crippen LogP contribution in [0.1, 0.15) is 39.2 Å². The molecular weight excluding hydrogens is 334 g/mol. The highest BCUT2D eigenvalue weighted by Gasteiger charge is 2.42. The summed E-state index contributed by atoms with van der Waals surface area (Å²) in [5.41, 5.74) is 1.84. The third-order valence-electron chi connectivity index (χ3n) is 4.48. The Labute approximate surface area is 151 Å². The molecule has 1 atom stereocenters.